The Morgan fingerprint density at radius 3 is 1.36 bits per heavy atom. The maximum absolute atomic E-state index is 10.9. The molecule has 1 aromatic rings. The molecule has 0 aliphatic heterocycles. The first kappa shape index (κ1) is 23.7. The van der Waals surface area contributed by atoms with Crippen LogP contribution in [0.4, 0.5) is 0 Å². The number of ether oxygens (including phenoxy) is 2. The van der Waals surface area contributed by atoms with Crippen LogP contribution in [0, 0.1) is 0 Å². The second kappa shape index (κ2) is 15.7. The van der Waals surface area contributed by atoms with Crippen molar-refractivity contribution in [3.05, 3.63) is 60.7 Å². The molecule has 0 aliphatic rings. The van der Waals surface area contributed by atoms with Crippen LogP contribution in [0.1, 0.15) is 62.5 Å². The van der Waals surface area contributed by atoms with Gasteiger partial charge >= 0.3 is 11.9 Å². The first-order valence-corrected chi connectivity index (χ1v) is 10.3. The predicted octanol–water partition coefficient (Wildman–Crippen LogP) is 5.35. The van der Waals surface area contributed by atoms with E-state index in [1.165, 1.54) is 23.3 Å². The van der Waals surface area contributed by atoms with Crippen molar-refractivity contribution in [2.45, 2.75) is 64.2 Å². The van der Waals surface area contributed by atoms with E-state index in [-0.39, 0.29) is 11.9 Å². The van der Waals surface area contributed by atoms with Crippen molar-refractivity contribution >= 4 is 11.9 Å². The number of hydrogen-bond donors (Lipinski definition) is 0. The lowest BCUT2D eigenvalue weighted by molar-refractivity contribution is -0.138. The molecule has 0 atom stereocenters. The number of benzene rings is 1. The number of esters is 2. The third kappa shape index (κ3) is 12.1. The normalized spacial score (nSPS) is 10.3. The van der Waals surface area contributed by atoms with Gasteiger partial charge in [0.2, 0.25) is 0 Å². The summed E-state index contributed by atoms with van der Waals surface area (Å²) in [5, 5.41) is 0. The quantitative estimate of drug-likeness (QED) is 0.218. The summed E-state index contributed by atoms with van der Waals surface area (Å²) < 4.78 is 9.93. The molecule has 0 bridgehead atoms. The first-order valence-electron chi connectivity index (χ1n) is 10.3. The van der Waals surface area contributed by atoms with Crippen LogP contribution in [0.2, 0.25) is 0 Å². The summed E-state index contributed by atoms with van der Waals surface area (Å²) in [4.78, 5) is 21.8. The first-order chi connectivity index (χ1) is 13.7. The Bertz CT molecular complexity index is 536. The van der Waals surface area contributed by atoms with Gasteiger partial charge in [0.25, 0.3) is 0 Å². The lowest BCUT2D eigenvalue weighted by Crippen LogP contribution is -2.01. The second-order valence-electron chi connectivity index (χ2n) is 6.89. The molecule has 0 saturated heterocycles. The minimum absolute atomic E-state index is 0.339. The van der Waals surface area contributed by atoms with E-state index in [1.54, 1.807) is 0 Å². The van der Waals surface area contributed by atoms with Gasteiger partial charge in [0.05, 0.1) is 13.2 Å². The minimum Gasteiger partial charge on any atom is -0.463 e. The lowest BCUT2D eigenvalue weighted by Gasteiger charge is -2.06. The van der Waals surface area contributed by atoms with Crippen LogP contribution in [0.3, 0.4) is 0 Å². The highest BCUT2D eigenvalue weighted by molar-refractivity contribution is 5.81. The largest absolute Gasteiger partial charge is 0.463 e. The van der Waals surface area contributed by atoms with Gasteiger partial charge < -0.3 is 9.47 Å². The van der Waals surface area contributed by atoms with Gasteiger partial charge in [0, 0.05) is 12.2 Å². The van der Waals surface area contributed by atoms with Gasteiger partial charge in [-0.05, 0) is 49.7 Å². The van der Waals surface area contributed by atoms with Crippen LogP contribution in [0.15, 0.2) is 49.6 Å². The Morgan fingerprint density at radius 1 is 0.643 bits per heavy atom. The number of aryl methyl sites for hydroxylation is 2. The lowest BCUT2D eigenvalue weighted by atomic mass is 10.0. The zero-order chi connectivity index (χ0) is 20.5. The van der Waals surface area contributed by atoms with Crippen LogP contribution in [0.25, 0.3) is 0 Å². The molecule has 0 aliphatic carbocycles. The van der Waals surface area contributed by atoms with Gasteiger partial charge in [-0.1, -0.05) is 63.1 Å². The van der Waals surface area contributed by atoms with Crippen molar-refractivity contribution in [3.8, 4) is 0 Å². The van der Waals surface area contributed by atoms with E-state index in [9.17, 15) is 9.59 Å². The molecule has 0 spiro atoms. The smallest absolute Gasteiger partial charge is 0.330 e. The number of rotatable bonds is 16. The van der Waals surface area contributed by atoms with E-state index in [0.717, 1.165) is 64.2 Å². The van der Waals surface area contributed by atoms with Gasteiger partial charge in [-0.3, -0.25) is 0 Å². The average Bonchev–Trinajstić information content (AvgIpc) is 2.72. The number of unbranched alkanes of at least 4 members (excludes halogenated alkanes) is 6. The maximum Gasteiger partial charge on any atom is 0.330 e. The van der Waals surface area contributed by atoms with E-state index in [4.69, 9.17) is 9.47 Å². The van der Waals surface area contributed by atoms with Crippen LogP contribution in [0.5, 0.6) is 0 Å². The minimum atomic E-state index is -0.339. The summed E-state index contributed by atoms with van der Waals surface area (Å²) in [5.41, 5.74) is 2.76. The second-order valence-corrected chi connectivity index (χ2v) is 6.89. The maximum atomic E-state index is 10.9. The fourth-order valence-electron chi connectivity index (χ4n) is 2.91. The van der Waals surface area contributed by atoms with Gasteiger partial charge in [0.1, 0.15) is 0 Å². The number of hydrogen-bond acceptors (Lipinski definition) is 4. The summed E-state index contributed by atoms with van der Waals surface area (Å²) in [7, 11) is 0. The third-order valence-electron chi connectivity index (χ3n) is 4.56. The molecule has 4 heteroatoms. The highest BCUT2D eigenvalue weighted by atomic mass is 16.5. The Labute approximate surface area is 169 Å². The Morgan fingerprint density at radius 2 is 1.00 bits per heavy atom. The standard InChI is InChI=1S/C24H34O4/c1-3-23(25)27-19-11-7-5-9-13-21-15-17-22(18-16-21)14-10-6-8-12-20-28-24(26)4-2/h3-4,15-18H,1-2,5-14,19-20H2. The fourth-order valence-corrected chi connectivity index (χ4v) is 2.91. The molecule has 0 fully saturated rings. The van der Waals surface area contributed by atoms with Gasteiger partial charge in [-0.25, -0.2) is 9.59 Å². The van der Waals surface area contributed by atoms with Gasteiger partial charge in [-0.15, -0.1) is 0 Å². The third-order valence-corrected chi connectivity index (χ3v) is 4.56. The topological polar surface area (TPSA) is 52.6 Å². The van der Waals surface area contributed by atoms with E-state index >= 15 is 0 Å². The van der Waals surface area contributed by atoms with Gasteiger partial charge in [0.15, 0.2) is 0 Å². The van der Waals surface area contributed by atoms with Crippen molar-refractivity contribution in [3.63, 3.8) is 0 Å². The van der Waals surface area contributed by atoms with Crippen molar-refractivity contribution < 1.29 is 19.1 Å². The van der Waals surface area contributed by atoms with E-state index in [0.29, 0.717) is 13.2 Å². The SMILES string of the molecule is C=CC(=O)OCCCCCCc1ccc(CCCCCCOC(=O)C=C)cc1. The van der Waals surface area contributed by atoms with Crippen LogP contribution in [-0.4, -0.2) is 25.2 Å². The average molecular weight is 387 g/mol. The van der Waals surface area contributed by atoms with Crippen molar-refractivity contribution in [2.24, 2.45) is 0 Å². The molecular weight excluding hydrogens is 352 g/mol. The van der Waals surface area contributed by atoms with E-state index in [2.05, 4.69) is 37.4 Å². The van der Waals surface area contributed by atoms with Crippen molar-refractivity contribution in [2.75, 3.05) is 13.2 Å². The molecule has 28 heavy (non-hydrogen) atoms. The molecule has 0 saturated carbocycles. The molecule has 0 amide bonds. The molecule has 4 nitrogen and oxygen atoms in total. The molecule has 0 radical (unpaired) electrons. The van der Waals surface area contributed by atoms with Crippen LogP contribution >= 0.6 is 0 Å². The zero-order valence-corrected chi connectivity index (χ0v) is 17.0. The summed E-state index contributed by atoms with van der Waals surface area (Å²) in [6.07, 6.45) is 13.2. The van der Waals surface area contributed by atoms with Gasteiger partial charge in [-0.2, -0.15) is 0 Å². The molecular formula is C24H34O4. The Hall–Kier alpha value is -2.36. The van der Waals surface area contributed by atoms with Crippen LogP contribution in [-0.2, 0) is 31.9 Å². The summed E-state index contributed by atoms with van der Waals surface area (Å²) in [6.45, 7) is 7.72. The molecule has 1 rings (SSSR count). The summed E-state index contributed by atoms with van der Waals surface area (Å²) >= 11 is 0. The summed E-state index contributed by atoms with van der Waals surface area (Å²) in [5.74, 6) is -0.678. The molecule has 0 unspecified atom stereocenters. The van der Waals surface area contributed by atoms with Crippen molar-refractivity contribution in [1.29, 1.82) is 0 Å². The Balaban J connectivity index is 2.03. The van der Waals surface area contributed by atoms with Crippen LogP contribution < -0.4 is 0 Å². The molecule has 1 aromatic carbocycles. The number of carbonyl (C=O) groups excluding carboxylic acids is 2. The monoisotopic (exact) mass is 386 g/mol. The predicted molar refractivity (Wildman–Crippen MR) is 113 cm³/mol. The fraction of sp³-hybridized carbons (Fsp3) is 0.500. The van der Waals surface area contributed by atoms with Crippen molar-refractivity contribution in [1.82, 2.24) is 0 Å². The van der Waals surface area contributed by atoms with E-state index in [1.807, 2.05) is 0 Å². The zero-order valence-electron chi connectivity index (χ0n) is 17.0. The highest BCUT2D eigenvalue weighted by Gasteiger charge is 1.99. The summed E-state index contributed by atoms with van der Waals surface area (Å²) in [6, 6.07) is 8.93. The highest BCUT2D eigenvalue weighted by Crippen LogP contribution is 2.12. The number of carbonyl (C=O) groups is 2. The molecule has 0 N–H and O–H groups in total. The van der Waals surface area contributed by atoms with E-state index < -0.39 is 0 Å². The molecule has 154 valence electrons. The Kier molecular flexibility index (Phi) is 13.3. The molecule has 0 aromatic heterocycles. The molecule has 0 heterocycles.